The van der Waals surface area contributed by atoms with Crippen molar-refractivity contribution in [2.24, 2.45) is 0 Å². The first-order chi connectivity index (χ1) is 9.42. The van der Waals surface area contributed by atoms with E-state index in [2.05, 4.69) is 0 Å². The Kier molecular flexibility index (Phi) is 3.85. The van der Waals surface area contributed by atoms with Crippen LogP contribution in [0.2, 0.25) is 0 Å². The number of fused-ring (bicyclic) bond motifs is 1. The van der Waals surface area contributed by atoms with Gasteiger partial charge < -0.3 is 0 Å². The van der Waals surface area contributed by atoms with Gasteiger partial charge in [0.1, 0.15) is 4.83 Å². The highest BCUT2D eigenvalue weighted by Gasteiger charge is 2.20. The SMILES string of the molecule is CCn1c(=O)c2c(C)c(C=O)sc2n(CC(F)F)c1=O. The molecule has 0 saturated carbocycles. The Morgan fingerprint density at radius 1 is 1.30 bits per heavy atom. The summed E-state index contributed by atoms with van der Waals surface area (Å²) in [6.07, 6.45) is -2.16. The third-order valence-corrected chi connectivity index (χ3v) is 4.32. The normalized spacial score (nSPS) is 11.4. The molecule has 0 fully saturated rings. The van der Waals surface area contributed by atoms with E-state index in [-0.39, 0.29) is 21.6 Å². The van der Waals surface area contributed by atoms with Gasteiger partial charge in [-0.25, -0.2) is 13.6 Å². The number of aldehydes is 1. The maximum absolute atomic E-state index is 12.6. The minimum Gasteiger partial charge on any atom is -0.297 e. The van der Waals surface area contributed by atoms with Gasteiger partial charge in [-0.1, -0.05) is 0 Å². The summed E-state index contributed by atoms with van der Waals surface area (Å²) in [5.41, 5.74) is -0.890. The zero-order valence-corrected chi connectivity index (χ0v) is 11.7. The molecule has 20 heavy (non-hydrogen) atoms. The third-order valence-electron chi connectivity index (χ3n) is 3.07. The standard InChI is InChI=1S/C12H12F2N2O3S/c1-3-15-10(18)9-6(2)7(5-17)20-11(9)16(12(15)19)4-8(13)14/h5,8H,3-4H2,1-2H3. The number of halogens is 2. The van der Waals surface area contributed by atoms with Gasteiger partial charge >= 0.3 is 5.69 Å². The van der Waals surface area contributed by atoms with Crippen LogP contribution in [0.15, 0.2) is 9.59 Å². The summed E-state index contributed by atoms with van der Waals surface area (Å²) < 4.78 is 27.1. The molecule has 2 aromatic rings. The van der Waals surface area contributed by atoms with Crippen LogP contribution in [0.1, 0.15) is 22.2 Å². The molecule has 0 atom stereocenters. The zero-order chi connectivity index (χ0) is 15.0. The smallest absolute Gasteiger partial charge is 0.297 e. The molecule has 0 N–H and O–H groups in total. The van der Waals surface area contributed by atoms with Gasteiger partial charge in [0.05, 0.1) is 16.8 Å². The molecule has 0 aromatic carbocycles. The Hall–Kier alpha value is -1.83. The second kappa shape index (κ2) is 5.28. The average molecular weight is 302 g/mol. The molecule has 5 nitrogen and oxygen atoms in total. The van der Waals surface area contributed by atoms with Crippen LogP contribution in [0.4, 0.5) is 8.78 Å². The van der Waals surface area contributed by atoms with E-state index in [0.29, 0.717) is 11.8 Å². The maximum atomic E-state index is 12.6. The van der Waals surface area contributed by atoms with E-state index in [9.17, 15) is 23.2 Å². The molecule has 2 aromatic heterocycles. The van der Waals surface area contributed by atoms with Crippen molar-refractivity contribution in [3.8, 4) is 0 Å². The molecular formula is C12H12F2N2O3S. The first kappa shape index (κ1) is 14.6. The van der Waals surface area contributed by atoms with Crippen molar-refractivity contribution in [1.29, 1.82) is 0 Å². The molecule has 0 spiro atoms. The van der Waals surface area contributed by atoms with Gasteiger partial charge in [0.2, 0.25) is 0 Å². The first-order valence-corrected chi connectivity index (χ1v) is 6.74. The summed E-state index contributed by atoms with van der Waals surface area (Å²) in [5.74, 6) is 0. The number of hydrogen-bond donors (Lipinski definition) is 0. The van der Waals surface area contributed by atoms with Gasteiger partial charge in [0, 0.05) is 6.54 Å². The van der Waals surface area contributed by atoms with E-state index >= 15 is 0 Å². The summed E-state index contributed by atoms with van der Waals surface area (Å²) in [5, 5.41) is 0.166. The predicted octanol–water partition coefficient (Wildman–Crippen LogP) is 1.63. The lowest BCUT2D eigenvalue weighted by molar-refractivity contribution is 0.112. The number of thiophene rings is 1. The van der Waals surface area contributed by atoms with Gasteiger partial charge in [-0.3, -0.25) is 18.7 Å². The van der Waals surface area contributed by atoms with Crippen LogP contribution in [0, 0.1) is 6.92 Å². The number of carbonyl (C=O) groups is 1. The lowest BCUT2D eigenvalue weighted by atomic mass is 10.2. The van der Waals surface area contributed by atoms with Crippen LogP contribution in [-0.2, 0) is 13.1 Å². The fourth-order valence-electron chi connectivity index (χ4n) is 2.10. The number of rotatable bonds is 4. The largest absolute Gasteiger partial charge is 0.332 e. The van der Waals surface area contributed by atoms with Crippen LogP contribution in [0.5, 0.6) is 0 Å². The molecule has 108 valence electrons. The Bertz CT molecular complexity index is 789. The van der Waals surface area contributed by atoms with E-state index in [0.717, 1.165) is 20.5 Å². The van der Waals surface area contributed by atoms with Crippen LogP contribution in [0.25, 0.3) is 10.2 Å². The average Bonchev–Trinajstić information content (AvgIpc) is 2.72. The number of nitrogens with zero attached hydrogens (tertiary/aromatic N) is 2. The summed E-state index contributed by atoms with van der Waals surface area (Å²) in [6.45, 7) is 2.45. The molecule has 0 radical (unpaired) electrons. The van der Waals surface area contributed by atoms with Crippen molar-refractivity contribution in [1.82, 2.24) is 9.13 Å². The van der Waals surface area contributed by atoms with Crippen LogP contribution in [-0.4, -0.2) is 21.8 Å². The second-order valence-corrected chi connectivity index (χ2v) is 5.25. The monoisotopic (exact) mass is 302 g/mol. The van der Waals surface area contributed by atoms with Crippen molar-refractivity contribution in [3.05, 3.63) is 31.3 Å². The van der Waals surface area contributed by atoms with Crippen LogP contribution >= 0.6 is 11.3 Å². The number of alkyl halides is 2. The maximum Gasteiger partial charge on any atom is 0.332 e. The van der Waals surface area contributed by atoms with Crippen molar-refractivity contribution in [2.45, 2.75) is 33.4 Å². The van der Waals surface area contributed by atoms with E-state index in [1.54, 1.807) is 13.8 Å². The molecule has 2 rings (SSSR count). The molecule has 0 unspecified atom stereocenters. The molecule has 0 aliphatic carbocycles. The number of carbonyl (C=O) groups excluding carboxylic acids is 1. The topological polar surface area (TPSA) is 61.1 Å². The Balaban J connectivity index is 3.00. The zero-order valence-electron chi connectivity index (χ0n) is 10.9. The third kappa shape index (κ3) is 2.09. The van der Waals surface area contributed by atoms with E-state index in [1.807, 2.05) is 0 Å². The highest BCUT2D eigenvalue weighted by molar-refractivity contribution is 7.20. The molecule has 8 heteroatoms. The fraction of sp³-hybridized carbons (Fsp3) is 0.417. The van der Waals surface area contributed by atoms with Gasteiger partial charge in [0.15, 0.2) is 6.29 Å². The van der Waals surface area contributed by atoms with Crippen molar-refractivity contribution in [2.75, 3.05) is 0 Å². The first-order valence-electron chi connectivity index (χ1n) is 5.92. The second-order valence-electron chi connectivity index (χ2n) is 4.22. The predicted molar refractivity (Wildman–Crippen MR) is 72.1 cm³/mol. The number of hydrogen-bond acceptors (Lipinski definition) is 4. The lowest BCUT2D eigenvalue weighted by Gasteiger charge is -2.10. The highest BCUT2D eigenvalue weighted by Crippen LogP contribution is 2.26. The molecule has 0 aliphatic rings. The minimum atomic E-state index is -2.72. The lowest BCUT2D eigenvalue weighted by Crippen LogP contribution is -2.40. The Morgan fingerprint density at radius 2 is 1.95 bits per heavy atom. The molecule has 0 bridgehead atoms. The summed E-state index contributed by atoms with van der Waals surface area (Å²) >= 11 is 0.888. The van der Waals surface area contributed by atoms with E-state index in [4.69, 9.17) is 0 Å². The fourth-order valence-corrected chi connectivity index (χ4v) is 3.22. The molecule has 0 aliphatic heterocycles. The molecule has 0 saturated heterocycles. The Morgan fingerprint density at radius 3 is 2.45 bits per heavy atom. The summed E-state index contributed by atoms with van der Waals surface area (Å²) in [6, 6.07) is 0. The van der Waals surface area contributed by atoms with Crippen LogP contribution < -0.4 is 11.2 Å². The number of aromatic nitrogens is 2. The van der Waals surface area contributed by atoms with Gasteiger partial charge in [-0.15, -0.1) is 11.3 Å². The molecule has 0 amide bonds. The van der Waals surface area contributed by atoms with Crippen molar-refractivity contribution in [3.63, 3.8) is 0 Å². The highest BCUT2D eigenvalue weighted by atomic mass is 32.1. The van der Waals surface area contributed by atoms with Crippen molar-refractivity contribution < 1.29 is 13.6 Å². The van der Waals surface area contributed by atoms with Crippen LogP contribution in [0.3, 0.4) is 0 Å². The Labute approximate surface area is 116 Å². The van der Waals surface area contributed by atoms with E-state index < -0.39 is 24.2 Å². The molecular weight excluding hydrogens is 290 g/mol. The van der Waals surface area contributed by atoms with E-state index in [1.165, 1.54) is 0 Å². The summed E-state index contributed by atoms with van der Waals surface area (Å²) in [4.78, 5) is 35.7. The summed E-state index contributed by atoms with van der Waals surface area (Å²) in [7, 11) is 0. The minimum absolute atomic E-state index is 0.0859. The van der Waals surface area contributed by atoms with Gasteiger partial charge in [-0.05, 0) is 19.4 Å². The van der Waals surface area contributed by atoms with Gasteiger partial charge in [-0.2, -0.15) is 0 Å². The quantitative estimate of drug-likeness (QED) is 0.807. The van der Waals surface area contributed by atoms with Gasteiger partial charge in [0.25, 0.3) is 12.0 Å². The van der Waals surface area contributed by atoms with Crippen molar-refractivity contribution >= 4 is 27.8 Å². The number of aryl methyl sites for hydroxylation is 1. The molecule has 2 heterocycles.